The summed E-state index contributed by atoms with van der Waals surface area (Å²) in [5.74, 6) is 2.58. The van der Waals surface area contributed by atoms with Crippen molar-refractivity contribution in [2.24, 2.45) is 0 Å². The summed E-state index contributed by atoms with van der Waals surface area (Å²) >= 11 is 6.96. The highest BCUT2D eigenvalue weighted by molar-refractivity contribution is 8.00. The molecule has 4 nitrogen and oxygen atoms in total. The molecule has 0 amide bonds. The zero-order valence-corrected chi connectivity index (χ0v) is 11.8. The molecule has 0 aliphatic carbocycles. The molecule has 0 saturated carbocycles. The van der Waals surface area contributed by atoms with Crippen LogP contribution in [0.1, 0.15) is 38.2 Å². The van der Waals surface area contributed by atoms with Gasteiger partial charge < -0.3 is 16.5 Å². The monoisotopic (exact) mass is 270 g/mol. The molecule has 2 heterocycles. The molecule has 0 aromatic carbocycles. The second-order valence-corrected chi connectivity index (χ2v) is 7.24. The fraction of sp³-hybridized carbons (Fsp3) is 0.636. The lowest BCUT2D eigenvalue weighted by Crippen LogP contribution is -2.26. The highest BCUT2D eigenvalue weighted by Crippen LogP contribution is 2.45. The van der Waals surface area contributed by atoms with Crippen LogP contribution in [-0.4, -0.2) is 20.5 Å². The van der Waals surface area contributed by atoms with Crippen LogP contribution in [0, 0.1) is 4.77 Å². The summed E-state index contributed by atoms with van der Waals surface area (Å²) in [5, 5.41) is 0. The largest absolute Gasteiger partial charge is 0.385 e. The number of nitrogens with two attached hydrogens (primary N) is 2. The highest BCUT2D eigenvalue weighted by atomic mass is 32.2. The van der Waals surface area contributed by atoms with E-state index >= 15 is 0 Å². The molecular weight excluding hydrogens is 252 g/mol. The average molecular weight is 270 g/mol. The first kappa shape index (κ1) is 12.7. The van der Waals surface area contributed by atoms with Crippen LogP contribution in [0.4, 0.5) is 11.6 Å². The van der Waals surface area contributed by atoms with E-state index in [0.717, 1.165) is 24.2 Å². The van der Waals surface area contributed by atoms with Crippen molar-refractivity contribution in [1.82, 2.24) is 9.97 Å². The van der Waals surface area contributed by atoms with Crippen molar-refractivity contribution in [2.75, 3.05) is 17.2 Å². The highest BCUT2D eigenvalue weighted by Gasteiger charge is 2.31. The molecule has 1 fully saturated rings. The molecule has 6 heteroatoms. The zero-order chi connectivity index (χ0) is 12.6. The molecule has 1 saturated heterocycles. The van der Waals surface area contributed by atoms with Gasteiger partial charge in [0.15, 0.2) is 4.77 Å². The lowest BCUT2D eigenvalue weighted by molar-refractivity contribution is 0.506. The molecule has 1 aromatic heterocycles. The van der Waals surface area contributed by atoms with Gasteiger partial charge in [0.05, 0.1) is 0 Å². The van der Waals surface area contributed by atoms with Crippen LogP contribution in [0.25, 0.3) is 0 Å². The minimum atomic E-state index is 0.272. The van der Waals surface area contributed by atoms with E-state index < -0.39 is 0 Å². The summed E-state index contributed by atoms with van der Waals surface area (Å²) in [7, 11) is 0. The molecule has 5 N–H and O–H groups in total. The first-order chi connectivity index (χ1) is 7.89. The Kier molecular flexibility index (Phi) is 3.36. The number of hydrogen-bond donors (Lipinski definition) is 3. The quantitative estimate of drug-likeness (QED) is 0.684. The molecule has 0 spiro atoms. The molecule has 1 aliphatic heterocycles. The lowest BCUT2D eigenvalue weighted by Gasteiger charge is -2.35. The van der Waals surface area contributed by atoms with Crippen LogP contribution in [0.5, 0.6) is 0 Å². The zero-order valence-electron chi connectivity index (χ0n) is 10.1. The van der Waals surface area contributed by atoms with Gasteiger partial charge in [0.2, 0.25) is 0 Å². The van der Waals surface area contributed by atoms with Gasteiger partial charge in [0.1, 0.15) is 11.6 Å². The van der Waals surface area contributed by atoms with Crippen molar-refractivity contribution in [3.8, 4) is 0 Å². The summed E-state index contributed by atoms with van der Waals surface area (Å²) in [5.41, 5.74) is 12.9. The number of thioether (sulfide) groups is 1. The van der Waals surface area contributed by atoms with Crippen LogP contribution in [0.15, 0.2) is 0 Å². The number of hydrogen-bond acceptors (Lipinski definition) is 5. The number of rotatable bonds is 1. The van der Waals surface area contributed by atoms with Crippen LogP contribution < -0.4 is 11.5 Å². The maximum Gasteiger partial charge on any atom is 0.200 e. The van der Waals surface area contributed by atoms with Crippen LogP contribution in [0.3, 0.4) is 0 Å². The summed E-state index contributed by atoms with van der Waals surface area (Å²) in [6.07, 6.45) is 2.16. The van der Waals surface area contributed by atoms with Crippen molar-refractivity contribution < 1.29 is 0 Å². The Morgan fingerprint density at radius 1 is 1.47 bits per heavy atom. The van der Waals surface area contributed by atoms with Crippen LogP contribution >= 0.6 is 24.0 Å². The van der Waals surface area contributed by atoms with Crippen molar-refractivity contribution >= 4 is 35.6 Å². The number of nitrogen functional groups attached to an aromatic ring is 2. The molecule has 2 rings (SSSR count). The summed E-state index contributed by atoms with van der Waals surface area (Å²) in [4.78, 5) is 7.01. The smallest absolute Gasteiger partial charge is 0.200 e. The summed E-state index contributed by atoms with van der Waals surface area (Å²) in [6, 6.07) is 0. The number of aromatic amines is 1. The third kappa shape index (κ3) is 2.74. The van der Waals surface area contributed by atoms with Crippen molar-refractivity contribution in [1.29, 1.82) is 0 Å². The van der Waals surface area contributed by atoms with Crippen LogP contribution in [0.2, 0.25) is 0 Å². The van der Waals surface area contributed by atoms with E-state index in [1.54, 1.807) is 0 Å². The van der Waals surface area contributed by atoms with E-state index in [0.29, 0.717) is 22.3 Å². The molecule has 1 unspecified atom stereocenters. The molecule has 1 atom stereocenters. The van der Waals surface area contributed by atoms with Gasteiger partial charge >= 0.3 is 0 Å². The number of nitrogens with zero attached hydrogens (tertiary/aromatic N) is 1. The second kappa shape index (κ2) is 4.49. The normalized spacial score (nSPS) is 23.5. The van der Waals surface area contributed by atoms with Crippen LogP contribution in [-0.2, 0) is 0 Å². The minimum absolute atomic E-state index is 0.272. The van der Waals surface area contributed by atoms with E-state index in [2.05, 4.69) is 23.8 Å². The lowest BCUT2D eigenvalue weighted by atomic mass is 9.87. The minimum Gasteiger partial charge on any atom is -0.385 e. The fourth-order valence-corrected chi connectivity index (χ4v) is 3.91. The fourth-order valence-electron chi connectivity index (χ4n) is 2.43. The van der Waals surface area contributed by atoms with E-state index in [1.165, 1.54) is 0 Å². The predicted molar refractivity (Wildman–Crippen MR) is 76.8 cm³/mol. The van der Waals surface area contributed by atoms with Gasteiger partial charge in [-0.15, -0.1) is 0 Å². The Bertz CT molecular complexity index is 455. The summed E-state index contributed by atoms with van der Waals surface area (Å²) < 4.78 is 0.627. The molecule has 0 bridgehead atoms. The van der Waals surface area contributed by atoms with Gasteiger partial charge in [-0.1, -0.05) is 13.8 Å². The number of aromatic nitrogens is 2. The molecule has 1 aliphatic rings. The maximum absolute atomic E-state index is 5.99. The predicted octanol–water partition coefficient (Wildman–Crippen LogP) is 2.69. The maximum atomic E-state index is 5.99. The van der Waals surface area contributed by atoms with Crippen molar-refractivity contribution in [2.45, 2.75) is 37.4 Å². The Hall–Kier alpha value is -0.750. The molecule has 0 radical (unpaired) electrons. The molecule has 94 valence electrons. The van der Waals surface area contributed by atoms with Gasteiger partial charge in [-0.05, 0) is 36.7 Å². The van der Waals surface area contributed by atoms with Crippen molar-refractivity contribution in [3.63, 3.8) is 0 Å². The van der Waals surface area contributed by atoms with Gasteiger partial charge in [0.25, 0.3) is 0 Å². The Morgan fingerprint density at radius 3 is 2.76 bits per heavy atom. The van der Waals surface area contributed by atoms with Gasteiger partial charge in [0, 0.05) is 10.3 Å². The number of nitrogens with one attached hydrogen (secondary N) is 1. The van der Waals surface area contributed by atoms with Crippen molar-refractivity contribution in [3.05, 3.63) is 10.3 Å². The third-order valence-corrected chi connectivity index (χ3v) is 4.72. The molecule has 17 heavy (non-hydrogen) atoms. The van der Waals surface area contributed by atoms with Gasteiger partial charge in [-0.3, -0.25) is 0 Å². The SMILES string of the molecule is CC1(C)CC(c2c(N)nc(=S)[nH]c2N)CCS1. The number of anilines is 2. The van der Waals surface area contributed by atoms with Gasteiger partial charge in [-0.25, -0.2) is 4.98 Å². The third-order valence-electron chi connectivity index (χ3n) is 3.14. The first-order valence-corrected chi connectivity index (χ1v) is 7.07. The van der Waals surface area contributed by atoms with E-state index in [-0.39, 0.29) is 4.75 Å². The molecule has 1 aromatic rings. The van der Waals surface area contributed by atoms with E-state index in [4.69, 9.17) is 23.7 Å². The summed E-state index contributed by atoms with van der Waals surface area (Å²) in [6.45, 7) is 4.52. The Morgan fingerprint density at radius 2 is 2.18 bits per heavy atom. The Balaban J connectivity index is 2.37. The standard InChI is InChI=1S/C11H18N4S2/c1-11(2)5-6(3-4-17-11)7-8(12)14-10(16)15-9(7)13/h6H,3-5H2,1-2H3,(H5,12,13,14,15,16). The van der Waals surface area contributed by atoms with Gasteiger partial charge in [-0.2, -0.15) is 11.8 Å². The van der Waals surface area contributed by atoms with E-state index in [1.807, 2.05) is 11.8 Å². The second-order valence-electron chi connectivity index (χ2n) is 5.05. The Labute approximate surface area is 111 Å². The van der Waals surface area contributed by atoms with E-state index in [9.17, 15) is 0 Å². The molecular formula is C11H18N4S2. The first-order valence-electron chi connectivity index (χ1n) is 5.68. The number of H-pyrrole nitrogens is 1. The average Bonchev–Trinajstić information content (AvgIpc) is 2.13. The topological polar surface area (TPSA) is 80.7 Å².